The summed E-state index contributed by atoms with van der Waals surface area (Å²) in [6.45, 7) is 4.06. The number of amides is 2. The van der Waals surface area contributed by atoms with E-state index >= 15 is 0 Å². The van der Waals surface area contributed by atoms with Crippen LogP contribution in [0.25, 0.3) is 0 Å². The summed E-state index contributed by atoms with van der Waals surface area (Å²) in [5.41, 5.74) is -1.99. The van der Waals surface area contributed by atoms with Crippen LogP contribution in [0.1, 0.15) is 72.5 Å². The summed E-state index contributed by atoms with van der Waals surface area (Å²) in [4.78, 5) is 30.1. The number of alkyl halides is 6. The average molecular weight is 618 g/mol. The minimum Gasteiger partial charge on any atom is -0.481 e. The highest BCUT2D eigenvalue weighted by molar-refractivity contribution is 5.75. The first-order chi connectivity index (χ1) is 20.0. The molecule has 1 N–H and O–H groups in total. The molecule has 1 saturated carbocycles. The highest BCUT2D eigenvalue weighted by atomic mass is 19.4. The molecule has 2 atom stereocenters. The number of aryl methyl sites for hydroxylation is 1. The molecule has 0 aromatic heterocycles. The van der Waals surface area contributed by atoms with Gasteiger partial charge in [-0.2, -0.15) is 26.3 Å². The highest BCUT2D eigenvalue weighted by Crippen LogP contribution is 2.39. The van der Waals surface area contributed by atoms with Crippen LogP contribution in [0.5, 0.6) is 0 Å². The Labute approximate surface area is 245 Å². The summed E-state index contributed by atoms with van der Waals surface area (Å²) in [7, 11) is 1.33. The van der Waals surface area contributed by atoms with Gasteiger partial charge in [-0.05, 0) is 86.6 Å². The quantitative estimate of drug-likeness (QED) is 0.358. The summed E-state index contributed by atoms with van der Waals surface area (Å²) in [5, 5.41) is 9.36. The Hall–Kier alpha value is -3.35. The van der Waals surface area contributed by atoms with Crippen LogP contribution in [-0.4, -0.2) is 64.5 Å². The second kappa shape index (κ2) is 12.3. The largest absolute Gasteiger partial charge is 0.481 e. The molecule has 6 nitrogen and oxygen atoms in total. The van der Waals surface area contributed by atoms with Gasteiger partial charge in [-0.25, -0.2) is 9.18 Å². The van der Waals surface area contributed by atoms with Crippen LogP contribution in [0.2, 0.25) is 0 Å². The van der Waals surface area contributed by atoms with Gasteiger partial charge in [-0.3, -0.25) is 9.69 Å². The summed E-state index contributed by atoms with van der Waals surface area (Å²) < 4.78 is 94.9. The van der Waals surface area contributed by atoms with Crippen LogP contribution in [0.4, 0.5) is 35.5 Å². The van der Waals surface area contributed by atoms with Crippen molar-refractivity contribution in [2.45, 2.75) is 70.0 Å². The number of rotatable bonds is 5. The van der Waals surface area contributed by atoms with Gasteiger partial charge >= 0.3 is 24.4 Å². The normalized spacial score (nSPS) is 22.7. The Morgan fingerprint density at radius 1 is 0.930 bits per heavy atom. The molecule has 2 aliphatic rings. The number of nitrogens with zero attached hydrogens (tertiary/aromatic N) is 3. The van der Waals surface area contributed by atoms with E-state index in [-0.39, 0.29) is 24.2 Å². The van der Waals surface area contributed by atoms with Crippen LogP contribution in [0.15, 0.2) is 36.4 Å². The SMILES string of the molecule is Cc1cc(F)ccc1[C@H]1CN(C2CCC(C(=O)O)CC2)CCN1C(=O)N(C)C(C)c1cc(C(F)(F)F)cc(C(F)(F)F)c1. The molecular formula is C30H34F7N3O3. The standard InChI is InChI=1S/C30H34F7N3O3/c1-17-12-23(31)6-9-25(17)26-16-39(24-7-4-19(5-8-24)27(41)42)10-11-40(26)28(43)38(3)18(2)20-13-21(29(32,33)34)15-22(14-20)30(35,36)37/h6,9,12-15,18-19,24,26H,4-5,7-8,10-11,16H2,1-3H3,(H,41,42)/t18?,19?,24?,26-/m1/s1. The zero-order valence-corrected chi connectivity index (χ0v) is 24.0. The van der Waals surface area contributed by atoms with Gasteiger partial charge in [0.05, 0.1) is 29.1 Å². The van der Waals surface area contributed by atoms with E-state index in [0.29, 0.717) is 62.0 Å². The average Bonchev–Trinajstić information content (AvgIpc) is 2.94. The first-order valence-corrected chi connectivity index (χ1v) is 14.0. The molecule has 13 heteroatoms. The molecule has 0 spiro atoms. The minimum absolute atomic E-state index is 0.0501. The van der Waals surface area contributed by atoms with E-state index in [1.165, 1.54) is 31.0 Å². The molecule has 1 aliphatic heterocycles. The maximum absolute atomic E-state index is 14.0. The van der Waals surface area contributed by atoms with E-state index in [1.54, 1.807) is 13.0 Å². The van der Waals surface area contributed by atoms with Crippen molar-refractivity contribution in [1.82, 2.24) is 14.7 Å². The van der Waals surface area contributed by atoms with E-state index in [1.807, 2.05) is 0 Å². The monoisotopic (exact) mass is 617 g/mol. The minimum atomic E-state index is -5.02. The van der Waals surface area contributed by atoms with E-state index in [0.717, 1.165) is 4.90 Å². The highest BCUT2D eigenvalue weighted by Gasteiger charge is 2.40. The number of hydrogen-bond acceptors (Lipinski definition) is 3. The van der Waals surface area contributed by atoms with Crippen molar-refractivity contribution in [1.29, 1.82) is 0 Å². The number of halogens is 7. The van der Waals surface area contributed by atoms with Gasteiger partial charge < -0.3 is 14.9 Å². The maximum atomic E-state index is 14.0. The second-order valence-corrected chi connectivity index (χ2v) is 11.5. The third-order valence-corrected chi connectivity index (χ3v) is 8.79. The van der Waals surface area contributed by atoms with Crippen LogP contribution < -0.4 is 0 Å². The molecule has 1 aliphatic carbocycles. The van der Waals surface area contributed by atoms with E-state index in [9.17, 15) is 45.4 Å². The summed E-state index contributed by atoms with van der Waals surface area (Å²) in [6.07, 6.45) is -7.68. The van der Waals surface area contributed by atoms with Gasteiger partial charge in [0, 0.05) is 32.7 Å². The second-order valence-electron chi connectivity index (χ2n) is 11.5. The molecule has 43 heavy (non-hydrogen) atoms. The van der Waals surface area contributed by atoms with E-state index in [2.05, 4.69) is 4.90 Å². The number of benzene rings is 2. The van der Waals surface area contributed by atoms with Crippen LogP contribution in [0, 0.1) is 18.7 Å². The van der Waals surface area contributed by atoms with Gasteiger partial charge in [0.2, 0.25) is 0 Å². The predicted molar refractivity (Wildman–Crippen MR) is 144 cm³/mol. The Kier molecular flexibility index (Phi) is 9.34. The predicted octanol–water partition coefficient (Wildman–Crippen LogP) is 7.29. The van der Waals surface area contributed by atoms with Gasteiger partial charge in [0.25, 0.3) is 0 Å². The van der Waals surface area contributed by atoms with Gasteiger partial charge in [0.1, 0.15) is 5.82 Å². The lowest BCUT2D eigenvalue weighted by molar-refractivity contribution is -0.144. The lowest BCUT2D eigenvalue weighted by Crippen LogP contribution is -2.56. The summed E-state index contributed by atoms with van der Waals surface area (Å²) in [5.74, 6) is -1.69. The molecule has 4 rings (SSSR count). The smallest absolute Gasteiger partial charge is 0.416 e. The maximum Gasteiger partial charge on any atom is 0.416 e. The number of urea groups is 1. The number of carboxylic acid groups (broad SMARTS) is 1. The first kappa shape index (κ1) is 32.6. The Morgan fingerprint density at radius 3 is 2.02 bits per heavy atom. The lowest BCUT2D eigenvalue weighted by Gasteiger charge is -2.47. The summed E-state index contributed by atoms with van der Waals surface area (Å²) >= 11 is 0. The fourth-order valence-corrected chi connectivity index (χ4v) is 6.14. The first-order valence-electron chi connectivity index (χ1n) is 14.0. The van der Waals surface area contributed by atoms with Crippen molar-refractivity contribution < 1.29 is 45.4 Å². The lowest BCUT2D eigenvalue weighted by atomic mass is 9.84. The van der Waals surface area contributed by atoms with Crippen LogP contribution in [0.3, 0.4) is 0 Å². The Balaban J connectivity index is 1.62. The van der Waals surface area contributed by atoms with Crippen molar-refractivity contribution >= 4 is 12.0 Å². The number of carbonyl (C=O) groups is 2. The number of aliphatic carboxylic acids is 1. The molecule has 1 heterocycles. The number of piperazine rings is 1. The molecule has 1 unspecified atom stereocenters. The number of carbonyl (C=O) groups excluding carboxylic acids is 1. The Bertz CT molecular complexity index is 1310. The Morgan fingerprint density at radius 2 is 1.51 bits per heavy atom. The third-order valence-electron chi connectivity index (χ3n) is 8.79. The molecule has 2 aromatic carbocycles. The fraction of sp³-hybridized carbons (Fsp3) is 0.533. The third kappa shape index (κ3) is 7.25. The molecule has 2 fully saturated rings. The fourth-order valence-electron chi connectivity index (χ4n) is 6.14. The van der Waals surface area contributed by atoms with Crippen LogP contribution in [-0.2, 0) is 17.1 Å². The molecular weight excluding hydrogens is 583 g/mol. The van der Waals surface area contributed by atoms with Gasteiger partial charge in [-0.1, -0.05) is 6.07 Å². The van der Waals surface area contributed by atoms with E-state index in [4.69, 9.17) is 0 Å². The zero-order valence-electron chi connectivity index (χ0n) is 24.0. The number of hydrogen-bond donors (Lipinski definition) is 1. The van der Waals surface area contributed by atoms with Crippen molar-refractivity contribution in [2.24, 2.45) is 5.92 Å². The molecule has 2 amide bonds. The van der Waals surface area contributed by atoms with Gasteiger partial charge in [0.15, 0.2) is 0 Å². The van der Waals surface area contributed by atoms with Crippen LogP contribution >= 0.6 is 0 Å². The molecule has 0 bridgehead atoms. The molecule has 0 radical (unpaired) electrons. The van der Waals surface area contributed by atoms with Crippen molar-refractivity contribution in [2.75, 3.05) is 26.7 Å². The zero-order chi connectivity index (χ0) is 31.9. The van der Waals surface area contributed by atoms with E-state index < -0.39 is 59.3 Å². The van der Waals surface area contributed by atoms with Gasteiger partial charge in [-0.15, -0.1) is 0 Å². The summed E-state index contributed by atoms with van der Waals surface area (Å²) in [6, 6.07) is 3.24. The topological polar surface area (TPSA) is 64.1 Å². The van der Waals surface area contributed by atoms with Crippen molar-refractivity contribution in [3.8, 4) is 0 Å². The molecule has 2 aromatic rings. The molecule has 1 saturated heterocycles. The molecule has 236 valence electrons. The number of carboxylic acids is 1. The van der Waals surface area contributed by atoms with Crippen molar-refractivity contribution in [3.05, 3.63) is 70.0 Å². The van der Waals surface area contributed by atoms with Crippen molar-refractivity contribution in [3.63, 3.8) is 0 Å².